The van der Waals surface area contributed by atoms with Crippen LogP contribution in [-0.2, 0) is 9.47 Å². The number of carbonyl (C=O) groups excluding carboxylic acids is 1. The molecule has 0 aliphatic carbocycles. The quantitative estimate of drug-likeness (QED) is 0.423. The van der Waals surface area contributed by atoms with E-state index in [1.165, 1.54) is 0 Å². The van der Waals surface area contributed by atoms with Crippen molar-refractivity contribution < 1.29 is 14.3 Å². The van der Waals surface area contributed by atoms with Gasteiger partial charge in [0.2, 0.25) is 6.69 Å². The van der Waals surface area contributed by atoms with Crippen LogP contribution in [0.3, 0.4) is 0 Å². The number of cyclic esters (lactones) is 2. The van der Waals surface area contributed by atoms with E-state index in [0.29, 0.717) is 13.0 Å². The normalized spacial score (nSPS) is 23.6. The van der Waals surface area contributed by atoms with Gasteiger partial charge in [0.15, 0.2) is 0 Å². The van der Waals surface area contributed by atoms with Gasteiger partial charge in [0.05, 0.1) is 0 Å². The zero-order chi connectivity index (χ0) is 9.19. The van der Waals surface area contributed by atoms with Gasteiger partial charge in [-0.1, -0.05) is 0 Å². The lowest BCUT2D eigenvalue weighted by molar-refractivity contribution is 0.117. The van der Waals surface area contributed by atoms with E-state index in [1.54, 1.807) is 0 Å². The molecule has 0 aromatic carbocycles. The van der Waals surface area contributed by atoms with Crippen molar-refractivity contribution in [3.63, 3.8) is 0 Å². The molecule has 0 spiro atoms. The molecule has 1 atom stereocenters. The number of hydrogen-bond donors (Lipinski definition) is 0. The topological polar surface area (TPSA) is 35.5 Å². The summed E-state index contributed by atoms with van der Waals surface area (Å²) in [6.45, 7) is 0.122. The van der Waals surface area contributed by atoms with Crippen LogP contribution in [0.1, 0.15) is 6.42 Å². The Labute approximate surface area is 81.3 Å². The summed E-state index contributed by atoms with van der Waals surface area (Å²) in [4.78, 5) is 10.5. The van der Waals surface area contributed by atoms with E-state index < -0.39 is 12.8 Å². The molecule has 1 fully saturated rings. The van der Waals surface area contributed by atoms with Gasteiger partial charge in [-0.2, -0.15) is 0 Å². The van der Waals surface area contributed by atoms with Crippen molar-refractivity contribution in [2.75, 3.05) is 6.61 Å². The lowest BCUT2D eigenvalue weighted by Gasteiger charge is -2.11. The highest BCUT2D eigenvalue weighted by atomic mass is 35.7. The molecule has 0 saturated carbocycles. The van der Waals surface area contributed by atoms with Crippen molar-refractivity contribution in [3.05, 3.63) is 0 Å². The standard InChI is InChI=1S/C6H10Cl2O3Si/c1-12(7,8)3-2-5-4-10-6(9)11-5/h5H,2-4H2,1H3. The minimum Gasteiger partial charge on any atom is -0.430 e. The predicted octanol–water partition coefficient (Wildman–Crippen LogP) is 2.46. The van der Waals surface area contributed by atoms with E-state index in [0.717, 1.165) is 6.04 Å². The van der Waals surface area contributed by atoms with Crippen LogP contribution in [0.5, 0.6) is 0 Å². The van der Waals surface area contributed by atoms with Crippen LogP contribution in [0.25, 0.3) is 0 Å². The average molecular weight is 229 g/mol. The highest BCUT2D eigenvalue weighted by molar-refractivity contribution is 7.44. The second kappa shape index (κ2) is 3.85. The highest BCUT2D eigenvalue weighted by Crippen LogP contribution is 2.24. The highest BCUT2D eigenvalue weighted by Gasteiger charge is 2.29. The van der Waals surface area contributed by atoms with Crippen molar-refractivity contribution in [1.29, 1.82) is 0 Å². The molecule has 1 heterocycles. The fourth-order valence-electron chi connectivity index (χ4n) is 0.922. The van der Waals surface area contributed by atoms with Crippen LogP contribution in [0.4, 0.5) is 4.79 Å². The molecule has 1 saturated heterocycles. The number of halogens is 2. The molecule has 1 aliphatic rings. The fraction of sp³-hybridized carbons (Fsp3) is 0.833. The summed E-state index contributed by atoms with van der Waals surface area (Å²) in [7, 11) is 0. The fourth-order valence-corrected chi connectivity index (χ4v) is 2.41. The van der Waals surface area contributed by atoms with Gasteiger partial charge in [0.1, 0.15) is 12.7 Å². The molecule has 0 N–H and O–H groups in total. The second-order valence-electron chi connectivity index (χ2n) is 2.91. The zero-order valence-corrected chi connectivity index (χ0v) is 9.19. The van der Waals surface area contributed by atoms with Crippen LogP contribution in [-0.4, -0.2) is 25.6 Å². The Morgan fingerprint density at radius 2 is 2.33 bits per heavy atom. The summed E-state index contributed by atoms with van der Waals surface area (Å²) in [5.41, 5.74) is 0. The number of rotatable bonds is 3. The number of hydrogen-bond acceptors (Lipinski definition) is 3. The first-order chi connectivity index (χ1) is 5.47. The van der Waals surface area contributed by atoms with Gasteiger partial charge in [-0.25, -0.2) is 4.79 Å². The van der Waals surface area contributed by atoms with Crippen molar-refractivity contribution >= 4 is 35.0 Å². The molecule has 1 unspecified atom stereocenters. The molecule has 3 nitrogen and oxygen atoms in total. The monoisotopic (exact) mass is 228 g/mol. The van der Waals surface area contributed by atoms with Crippen molar-refractivity contribution in [2.24, 2.45) is 0 Å². The first kappa shape index (κ1) is 10.1. The maximum absolute atomic E-state index is 10.5. The van der Waals surface area contributed by atoms with Gasteiger partial charge in [0, 0.05) is 0 Å². The summed E-state index contributed by atoms with van der Waals surface area (Å²) in [5, 5.41) is 0. The molecule has 0 bridgehead atoms. The first-order valence-corrected chi connectivity index (χ1v) is 8.42. The number of ether oxygens (including phenoxy) is 2. The molecular formula is C6H10Cl2O3Si. The van der Waals surface area contributed by atoms with E-state index in [4.69, 9.17) is 26.9 Å². The first-order valence-electron chi connectivity index (χ1n) is 3.68. The summed E-state index contributed by atoms with van der Waals surface area (Å²) in [5.74, 6) is 0. The van der Waals surface area contributed by atoms with E-state index in [1.807, 2.05) is 6.55 Å². The van der Waals surface area contributed by atoms with E-state index >= 15 is 0 Å². The predicted molar refractivity (Wildman–Crippen MR) is 49.0 cm³/mol. The third-order valence-electron chi connectivity index (χ3n) is 1.56. The Balaban J connectivity index is 2.20. The van der Waals surface area contributed by atoms with Crippen molar-refractivity contribution in [1.82, 2.24) is 0 Å². The Bertz CT molecular complexity index is 180. The largest absolute Gasteiger partial charge is 0.508 e. The number of carbonyl (C=O) groups is 1. The van der Waals surface area contributed by atoms with Crippen LogP contribution in [0.2, 0.25) is 12.6 Å². The van der Waals surface area contributed by atoms with Crippen LogP contribution in [0.15, 0.2) is 0 Å². The molecule has 0 radical (unpaired) electrons. The van der Waals surface area contributed by atoms with E-state index in [-0.39, 0.29) is 6.10 Å². The lowest BCUT2D eigenvalue weighted by atomic mass is 10.3. The Morgan fingerprint density at radius 3 is 2.75 bits per heavy atom. The molecule has 0 amide bonds. The molecule has 6 heteroatoms. The van der Waals surface area contributed by atoms with Gasteiger partial charge in [-0.05, 0) is 19.0 Å². The van der Waals surface area contributed by atoms with Gasteiger partial charge in [-0.3, -0.25) is 0 Å². The van der Waals surface area contributed by atoms with Gasteiger partial charge >= 0.3 is 6.16 Å². The summed E-state index contributed by atoms with van der Waals surface area (Å²) in [6, 6.07) is 0.720. The third-order valence-corrected chi connectivity index (χ3v) is 3.86. The molecule has 1 rings (SSSR count). The molecule has 70 valence electrons. The van der Waals surface area contributed by atoms with Crippen molar-refractivity contribution in [3.8, 4) is 0 Å². The van der Waals surface area contributed by atoms with Gasteiger partial charge < -0.3 is 9.47 Å². The van der Waals surface area contributed by atoms with E-state index in [9.17, 15) is 4.79 Å². The summed E-state index contributed by atoms with van der Waals surface area (Å²) < 4.78 is 9.40. The van der Waals surface area contributed by atoms with Crippen LogP contribution in [0, 0.1) is 0 Å². The molecule has 12 heavy (non-hydrogen) atoms. The molecular weight excluding hydrogens is 219 g/mol. The van der Waals surface area contributed by atoms with E-state index in [2.05, 4.69) is 4.74 Å². The summed E-state index contributed by atoms with van der Waals surface area (Å²) >= 11 is 11.7. The maximum atomic E-state index is 10.5. The lowest BCUT2D eigenvalue weighted by Crippen LogP contribution is -2.18. The molecule has 1 aliphatic heterocycles. The van der Waals surface area contributed by atoms with Gasteiger partial charge in [0.25, 0.3) is 0 Å². The smallest absolute Gasteiger partial charge is 0.430 e. The SMILES string of the molecule is C[Si](Cl)(Cl)CCC1COC(=O)O1. The molecule has 0 aromatic rings. The average Bonchev–Trinajstić information content (AvgIpc) is 2.30. The van der Waals surface area contributed by atoms with Crippen molar-refractivity contribution in [2.45, 2.75) is 25.1 Å². The van der Waals surface area contributed by atoms with Crippen LogP contribution >= 0.6 is 22.2 Å². The minimum atomic E-state index is -2.05. The second-order valence-corrected chi connectivity index (χ2v) is 11.1. The third kappa shape index (κ3) is 3.65. The summed E-state index contributed by atoms with van der Waals surface area (Å²) in [6.07, 6.45) is -0.0455. The zero-order valence-electron chi connectivity index (χ0n) is 6.68. The Hall–Kier alpha value is 0.0669. The Kier molecular flexibility index (Phi) is 3.26. The van der Waals surface area contributed by atoms with Gasteiger partial charge in [-0.15, -0.1) is 22.2 Å². The van der Waals surface area contributed by atoms with Crippen LogP contribution < -0.4 is 0 Å². The molecule has 0 aromatic heterocycles. The Morgan fingerprint density at radius 1 is 1.67 bits per heavy atom. The minimum absolute atomic E-state index is 0.151. The maximum Gasteiger partial charge on any atom is 0.508 e.